The average molecular weight is 656 g/mol. The number of nitrogens with one attached hydrogen (secondary N) is 2. The van der Waals surface area contributed by atoms with E-state index in [1.807, 2.05) is 68.4 Å². The van der Waals surface area contributed by atoms with Gasteiger partial charge in [-0.1, -0.05) is 47.1 Å². The van der Waals surface area contributed by atoms with Gasteiger partial charge in [-0.25, -0.2) is 8.42 Å². The van der Waals surface area contributed by atoms with Crippen molar-refractivity contribution in [3.05, 3.63) is 87.9 Å². The van der Waals surface area contributed by atoms with Crippen LogP contribution in [-0.2, 0) is 26.0 Å². The Balaban J connectivity index is 1.75. The summed E-state index contributed by atoms with van der Waals surface area (Å²) in [6.45, 7) is 2.74. The van der Waals surface area contributed by atoms with Crippen LogP contribution in [-0.4, -0.2) is 63.2 Å². The minimum absolute atomic E-state index is 0.00709. The molecule has 0 radical (unpaired) electrons. The summed E-state index contributed by atoms with van der Waals surface area (Å²) in [5.74, 6) is -1.09. The first-order chi connectivity index (χ1) is 20.0. The van der Waals surface area contributed by atoms with Crippen LogP contribution in [0.1, 0.15) is 36.5 Å². The number of carboxylic acid groups (broad SMARTS) is 1. The lowest BCUT2D eigenvalue weighted by Crippen LogP contribution is -2.38. The molecule has 1 aliphatic rings. The summed E-state index contributed by atoms with van der Waals surface area (Å²) >= 11 is 3.46. The molecule has 0 unspecified atom stereocenters. The number of halogens is 1. The van der Waals surface area contributed by atoms with E-state index in [9.17, 15) is 18.0 Å². The van der Waals surface area contributed by atoms with Crippen LogP contribution in [0.5, 0.6) is 0 Å². The highest BCUT2D eigenvalue weighted by Crippen LogP contribution is 2.39. The number of fused-ring (bicyclic) bond motifs is 1. The topological polar surface area (TPSA) is 119 Å². The normalized spacial score (nSPS) is 14.0. The third-order valence-electron chi connectivity index (χ3n) is 6.79. The monoisotopic (exact) mass is 654 g/mol. The second-order valence-corrected chi connectivity index (χ2v) is 13.3. The third-order valence-corrected chi connectivity index (χ3v) is 9.27. The molecule has 222 valence electrons. The number of amides is 1. The van der Waals surface area contributed by atoms with Crippen LogP contribution in [0.4, 0.5) is 17.1 Å². The van der Waals surface area contributed by atoms with Gasteiger partial charge in [0.25, 0.3) is 5.91 Å². The van der Waals surface area contributed by atoms with E-state index in [0.717, 1.165) is 21.2 Å². The van der Waals surface area contributed by atoms with Crippen LogP contribution >= 0.6 is 15.9 Å². The molecule has 0 fully saturated rings. The molecule has 0 atom stereocenters. The van der Waals surface area contributed by atoms with Crippen LogP contribution in [0, 0.1) is 0 Å². The maximum atomic E-state index is 13.3. The zero-order valence-electron chi connectivity index (χ0n) is 23.9. The number of rotatable bonds is 13. The van der Waals surface area contributed by atoms with Gasteiger partial charge in [0.2, 0.25) is 10.0 Å². The van der Waals surface area contributed by atoms with E-state index in [4.69, 9.17) is 5.11 Å². The number of likely N-dealkylation sites (N-methyl/N-ethyl adjacent to an activating group) is 1. The molecule has 0 aliphatic carbocycles. The van der Waals surface area contributed by atoms with Gasteiger partial charge in [0, 0.05) is 35.2 Å². The fourth-order valence-electron chi connectivity index (χ4n) is 4.75. The number of hydrogen-bond acceptors (Lipinski definition) is 6. The Kier molecular flexibility index (Phi) is 10.1. The summed E-state index contributed by atoms with van der Waals surface area (Å²) in [6, 6.07) is 20.2. The zero-order valence-corrected chi connectivity index (χ0v) is 26.3. The molecular formula is C31H35BrN4O5S. The summed E-state index contributed by atoms with van der Waals surface area (Å²) < 4.78 is 28.4. The van der Waals surface area contributed by atoms with E-state index < -0.39 is 16.0 Å². The maximum Gasteiger partial charge on any atom is 0.303 e. The number of carbonyl (C=O) groups excluding carboxylic acids is 1. The number of carbonyl (C=O) groups is 2. The van der Waals surface area contributed by atoms with Crippen molar-refractivity contribution < 1.29 is 23.1 Å². The lowest BCUT2D eigenvalue weighted by molar-refractivity contribution is -0.137. The van der Waals surface area contributed by atoms with Gasteiger partial charge in [-0.3, -0.25) is 13.9 Å². The summed E-state index contributed by atoms with van der Waals surface area (Å²) in [5, 5.41) is 15.5. The molecule has 9 nitrogen and oxygen atoms in total. The van der Waals surface area contributed by atoms with Crippen molar-refractivity contribution in [1.82, 2.24) is 4.90 Å². The number of anilines is 3. The molecule has 0 saturated carbocycles. The van der Waals surface area contributed by atoms with Crippen molar-refractivity contribution in [3.8, 4) is 0 Å². The first-order valence-corrected chi connectivity index (χ1v) is 16.1. The number of benzene rings is 3. The highest BCUT2D eigenvalue weighted by Gasteiger charge is 2.29. The lowest BCUT2D eigenvalue weighted by atomic mass is 9.98. The molecule has 0 bridgehead atoms. The van der Waals surface area contributed by atoms with Crippen LogP contribution in [0.25, 0.3) is 11.3 Å². The van der Waals surface area contributed by atoms with Gasteiger partial charge in [-0.05, 0) is 80.5 Å². The first kappa shape index (κ1) is 31.3. The molecule has 4 rings (SSSR count). The molecule has 1 heterocycles. The van der Waals surface area contributed by atoms with Crippen molar-refractivity contribution in [2.45, 2.75) is 26.2 Å². The van der Waals surface area contributed by atoms with Crippen molar-refractivity contribution >= 4 is 66.2 Å². The molecule has 3 aromatic rings. The zero-order chi connectivity index (χ0) is 30.4. The molecule has 0 aromatic heterocycles. The van der Waals surface area contributed by atoms with E-state index in [0.29, 0.717) is 54.3 Å². The smallest absolute Gasteiger partial charge is 0.303 e. The van der Waals surface area contributed by atoms with Crippen LogP contribution in [0.3, 0.4) is 0 Å². The number of sulfonamides is 1. The molecule has 11 heteroatoms. The predicted octanol–water partition coefficient (Wildman–Crippen LogP) is 5.51. The van der Waals surface area contributed by atoms with Gasteiger partial charge in [0.15, 0.2) is 0 Å². The van der Waals surface area contributed by atoms with Crippen molar-refractivity contribution in [3.63, 3.8) is 0 Å². The van der Waals surface area contributed by atoms with Crippen LogP contribution < -0.4 is 14.9 Å². The number of carboxylic acids is 1. The third kappa shape index (κ3) is 7.58. The van der Waals surface area contributed by atoms with Gasteiger partial charge >= 0.3 is 5.97 Å². The summed E-state index contributed by atoms with van der Waals surface area (Å²) in [7, 11) is 0.309. The molecule has 0 saturated heterocycles. The van der Waals surface area contributed by atoms with E-state index >= 15 is 0 Å². The summed E-state index contributed by atoms with van der Waals surface area (Å²) in [4.78, 5) is 26.4. The van der Waals surface area contributed by atoms with Crippen molar-refractivity contribution in [2.24, 2.45) is 0 Å². The molecule has 1 amide bonds. The number of nitrogens with zero attached hydrogens (tertiary/aromatic N) is 2. The Morgan fingerprint density at radius 3 is 2.43 bits per heavy atom. The van der Waals surface area contributed by atoms with E-state index in [1.165, 1.54) is 4.31 Å². The molecule has 3 aromatic carbocycles. The van der Waals surface area contributed by atoms with Crippen LogP contribution in [0.2, 0.25) is 0 Å². The maximum absolute atomic E-state index is 13.3. The molecule has 42 heavy (non-hydrogen) atoms. The molecular weight excluding hydrogens is 620 g/mol. The summed E-state index contributed by atoms with van der Waals surface area (Å²) in [5.41, 5.74) is 5.21. The van der Waals surface area contributed by atoms with E-state index in [1.54, 1.807) is 24.3 Å². The van der Waals surface area contributed by atoms with Crippen LogP contribution in [0.15, 0.2) is 71.2 Å². The van der Waals surface area contributed by atoms with Gasteiger partial charge in [-0.15, -0.1) is 0 Å². The first-order valence-electron chi connectivity index (χ1n) is 13.7. The SMILES string of the molecule is CCCS(=O)(=O)N(CCN(C)C)c1ccc(NC(=C2C(=O)Nc3cc(Br)ccc32)c2cccc(CCC(=O)O)c2)cc1. The minimum Gasteiger partial charge on any atom is -0.481 e. The Bertz CT molecular complexity index is 1600. The Morgan fingerprint density at radius 1 is 1.02 bits per heavy atom. The number of aryl methyl sites for hydroxylation is 1. The average Bonchev–Trinajstić information content (AvgIpc) is 3.25. The fraction of sp³-hybridized carbons (Fsp3) is 0.290. The Labute approximate surface area is 255 Å². The second kappa shape index (κ2) is 13.5. The standard InChI is InChI=1S/C31H35BrN4O5S/c1-4-18-42(40,41)36(17-16-35(2)3)25-12-10-24(11-13-25)33-30(22-7-5-6-21(19-22)8-15-28(37)38)29-26-14-9-23(32)20-27(26)34-31(29)39/h5-7,9-14,19-20,33H,4,8,15-18H2,1-3H3,(H,34,39)(H,37,38). The largest absolute Gasteiger partial charge is 0.481 e. The van der Waals surface area contributed by atoms with Crippen molar-refractivity contribution in [2.75, 3.05) is 47.9 Å². The molecule has 0 spiro atoms. The van der Waals surface area contributed by atoms with Gasteiger partial charge in [0.1, 0.15) is 0 Å². The lowest BCUT2D eigenvalue weighted by Gasteiger charge is -2.26. The quantitative estimate of drug-likeness (QED) is 0.208. The van der Waals surface area contributed by atoms with Gasteiger partial charge in [0.05, 0.1) is 28.4 Å². The minimum atomic E-state index is -3.50. The van der Waals surface area contributed by atoms with Crippen molar-refractivity contribution in [1.29, 1.82) is 0 Å². The second-order valence-electron chi connectivity index (χ2n) is 10.4. The number of hydrogen-bond donors (Lipinski definition) is 3. The molecule has 3 N–H and O–H groups in total. The summed E-state index contributed by atoms with van der Waals surface area (Å²) in [6.07, 6.45) is 0.862. The highest BCUT2D eigenvalue weighted by molar-refractivity contribution is 9.10. The Hall–Kier alpha value is -3.67. The molecule has 1 aliphatic heterocycles. The fourth-order valence-corrected chi connectivity index (χ4v) is 6.65. The van der Waals surface area contributed by atoms with Gasteiger partial charge in [-0.2, -0.15) is 0 Å². The van der Waals surface area contributed by atoms with E-state index in [2.05, 4.69) is 26.6 Å². The predicted molar refractivity (Wildman–Crippen MR) is 172 cm³/mol. The highest BCUT2D eigenvalue weighted by atomic mass is 79.9. The Morgan fingerprint density at radius 2 is 1.76 bits per heavy atom. The van der Waals surface area contributed by atoms with Gasteiger partial charge < -0.3 is 20.6 Å². The van der Waals surface area contributed by atoms with E-state index in [-0.39, 0.29) is 18.1 Å². The number of aliphatic carboxylic acids is 1.